The molecule has 0 saturated heterocycles. The quantitative estimate of drug-likeness (QED) is 0.171. The molecule has 0 N–H and O–H groups in total. The number of aromatic nitrogens is 1. The van der Waals surface area contributed by atoms with E-state index in [1.165, 1.54) is 124 Å². The average Bonchev–Trinajstić information content (AvgIpc) is 3.60. The lowest BCUT2D eigenvalue weighted by molar-refractivity contribution is -0.746. The Hall–Kier alpha value is -3.50. The van der Waals surface area contributed by atoms with Gasteiger partial charge in [0.25, 0.3) is 11.9 Å². The van der Waals surface area contributed by atoms with Crippen LogP contribution in [0, 0.1) is 19.8 Å². The van der Waals surface area contributed by atoms with E-state index >= 15 is 0 Å². The highest BCUT2D eigenvalue weighted by Crippen LogP contribution is 2.72. The summed E-state index contributed by atoms with van der Waals surface area (Å²) < 4.78 is 7.45. The number of nitrogens with zero attached hydrogens (tertiary/aromatic N) is 3. The Labute approximate surface area is 308 Å². The van der Waals surface area contributed by atoms with E-state index < -0.39 is 0 Å². The van der Waals surface area contributed by atoms with Crippen molar-refractivity contribution in [1.82, 2.24) is 4.90 Å². The van der Waals surface area contributed by atoms with Crippen LogP contribution in [-0.2, 0) is 5.41 Å². The molecule has 3 atom stereocenters. The van der Waals surface area contributed by atoms with Gasteiger partial charge in [-0.1, -0.05) is 76.9 Å². The van der Waals surface area contributed by atoms with Crippen LogP contribution < -0.4 is 4.57 Å². The summed E-state index contributed by atoms with van der Waals surface area (Å²) in [6.07, 6.45) is 13.7. The molecule has 4 heteroatoms. The monoisotopic (exact) mass is 691 g/mol. The van der Waals surface area contributed by atoms with Gasteiger partial charge in [0.15, 0.2) is 0 Å². The van der Waals surface area contributed by atoms with Crippen molar-refractivity contribution in [2.75, 3.05) is 0 Å². The summed E-state index contributed by atoms with van der Waals surface area (Å²) in [5.41, 5.74) is 13.4. The number of hydrogen-bond acceptors (Lipinski definition) is 2. The topological polar surface area (TPSA) is 10.1 Å². The molecule has 4 aliphatic carbocycles. The molecule has 0 bridgehead atoms. The van der Waals surface area contributed by atoms with Gasteiger partial charge in [-0.25, -0.2) is 9.48 Å². The lowest BCUT2D eigenvalue weighted by atomic mass is 9.79. The van der Waals surface area contributed by atoms with Crippen LogP contribution in [0.4, 0.5) is 0 Å². The minimum Gasteiger partial charge on any atom is -0.213 e. The molecule has 0 radical (unpaired) electrons. The van der Waals surface area contributed by atoms with Crippen molar-refractivity contribution in [3.63, 3.8) is 0 Å². The minimum absolute atomic E-state index is 0.00553. The molecule has 3 unspecified atom stereocenters. The first-order valence-corrected chi connectivity index (χ1v) is 21.2. The summed E-state index contributed by atoms with van der Waals surface area (Å²) in [7, 11) is 0. The summed E-state index contributed by atoms with van der Waals surface area (Å²) in [4.78, 5) is 4.63. The van der Waals surface area contributed by atoms with E-state index in [1.807, 2.05) is 11.3 Å². The molecule has 6 aliphatic rings. The summed E-state index contributed by atoms with van der Waals surface area (Å²) >= 11 is 2.04. The van der Waals surface area contributed by atoms with Crippen LogP contribution in [0.2, 0.25) is 0 Å². The number of hydrogen-bond donors (Lipinski definition) is 0. The molecule has 3 aromatic carbocycles. The average molecular weight is 692 g/mol. The SMILES string of the molecule is Cc1cc(C)c2ccc3[n+](c2c1)C1C(c2ccc4c(c2-3)-c2sc3ccccc3c2C4(C)C)C12N(C1CCCCC1)C(C(C)C)=[N+]2C1CCCCC1. The molecule has 1 spiro atoms. The molecule has 11 rings (SSSR count). The zero-order valence-electron chi connectivity index (χ0n) is 31.5. The number of aryl methyl sites for hydroxylation is 2. The fourth-order valence-electron chi connectivity index (χ4n) is 12.6. The first-order chi connectivity index (χ1) is 24.7. The maximum atomic E-state index is 3.11. The summed E-state index contributed by atoms with van der Waals surface area (Å²) in [6.45, 7) is 14.6. The van der Waals surface area contributed by atoms with Crippen LogP contribution in [-0.4, -0.2) is 33.1 Å². The summed E-state index contributed by atoms with van der Waals surface area (Å²) in [5.74, 6) is 2.66. The van der Waals surface area contributed by atoms with Crippen molar-refractivity contribution >= 4 is 38.2 Å². The first kappa shape index (κ1) is 31.1. The van der Waals surface area contributed by atoms with Crippen LogP contribution >= 0.6 is 11.3 Å². The largest absolute Gasteiger partial charge is 0.321 e. The molecule has 260 valence electrons. The van der Waals surface area contributed by atoms with Crippen molar-refractivity contribution in [2.45, 2.75) is 141 Å². The van der Waals surface area contributed by atoms with E-state index in [1.54, 1.807) is 17.0 Å². The number of rotatable bonds is 3. The van der Waals surface area contributed by atoms with Crippen molar-refractivity contribution in [2.24, 2.45) is 5.92 Å². The van der Waals surface area contributed by atoms with Gasteiger partial charge in [-0.15, -0.1) is 11.3 Å². The first-order valence-electron chi connectivity index (χ1n) is 20.4. The Balaban J connectivity index is 1.25. The van der Waals surface area contributed by atoms with E-state index in [9.17, 15) is 0 Å². The maximum absolute atomic E-state index is 3.11. The van der Waals surface area contributed by atoms with Crippen molar-refractivity contribution in [3.8, 4) is 21.7 Å². The Morgan fingerprint density at radius 2 is 1.55 bits per heavy atom. The van der Waals surface area contributed by atoms with Gasteiger partial charge < -0.3 is 0 Å². The van der Waals surface area contributed by atoms with Crippen molar-refractivity contribution in [3.05, 3.63) is 88.5 Å². The van der Waals surface area contributed by atoms with E-state index in [0.717, 1.165) is 0 Å². The van der Waals surface area contributed by atoms with Gasteiger partial charge in [0.2, 0.25) is 11.2 Å². The van der Waals surface area contributed by atoms with Gasteiger partial charge in [0.05, 0.1) is 11.5 Å². The number of pyridine rings is 1. The second-order valence-corrected chi connectivity index (χ2v) is 19.1. The van der Waals surface area contributed by atoms with Gasteiger partial charge in [-0.2, -0.15) is 4.57 Å². The lowest BCUT2D eigenvalue weighted by Gasteiger charge is -2.48. The van der Waals surface area contributed by atoms with E-state index in [2.05, 4.69) is 116 Å². The molecule has 3 fully saturated rings. The highest BCUT2D eigenvalue weighted by molar-refractivity contribution is 7.22. The van der Waals surface area contributed by atoms with E-state index in [-0.39, 0.29) is 11.1 Å². The molecule has 0 amide bonds. The second kappa shape index (κ2) is 10.6. The van der Waals surface area contributed by atoms with Crippen LogP contribution in [0.5, 0.6) is 0 Å². The van der Waals surface area contributed by atoms with Gasteiger partial charge in [0, 0.05) is 38.1 Å². The van der Waals surface area contributed by atoms with Crippen LogP contribution in [0.15, 0.2) is 60.7 Å². The molecule has 3 nitrogen and oxygen atoms in total. The number of benzene rings is 3. The predicted molar refractivity (Wildman–Crippen MR) is 212 cm³/mol. The lowest BCUT2D eigenvalue weighted by Crippen LogP contribution is -2.73. The summed E-state index contributed by atoms with van der Waals surface area (Å²) in [5, 5.41) is 2.87. The van der Waals surface area contributed by atoms with Gasteiger partial charge in [-0.3, -0.25) is 0 Å². The Bertz CT molecular complexity index is 2340. The Kier molecular flexibility index (Phi) is 6.43. The Morgan fingerprint density at radius 1 is 0.804 bits per heavy atom. The second-order valence-electron chi connectivity index (χ2n) is 18.0. The molecule has 5 aromatic rings. The van der Waals surface area contributed by atoms with Crippen LogP contribution in [0.3, 0.4) is 0 Å². The van der Waals surface area contributed by atoms with Crippen LogP contribution in [0.25, 0.3) is 42.7 Å². The van der Waals surface area contributed by atoms with Gasteiger partial charge in [0.1, 0.15) is 18.0 Å². The minimum atomic E-state index is -0.0381. The third-order valence-electron chi connectivity index (χ3n) is 14.4. The highest BCUT2D eigenvalue weighted by Gasteiger charge is 2.93. The number of thiophene rings is 1. The Morgan fingerprint density at radius 3 is 2.31 bits per heavy atom. The van der Waals surface area contributed by atoms with E-state index in [0.29, 0.717) is 30.0 Å². The standard InChI is InChI=1S/C47H53N3S/c1-27(2)45-49(30-15-9-7-10-16-30)47(50(45)31-17-11-8-12-18-31)42-34-21-23-35-40(43-41(46(35,5)6)33-19-13-14-20-38(33)51-43)39(34)36-24-22-32-29(4)25-28(3)26-37(32)48(36)44(42)47/h13-14,19-27,30-31,42,44H,7-12,15-18H2,1-6H3/q+2. The smallest absolute Gasteiger partial charge is 0.213 e. The van der Waals surface area contributed by atoms with E-state index in [4.69, 9.17) is 0 Å². The molecular formula is C47H53N3S+2. The van der Waals surface area contributed by atoms with Crippen molar-refractivity contribution < 1.29 is 9.14 Å². The normalized spacial score (nSPS) is 26.4. The molecule has 2 aliphatic heterocycles. The molecule has 2 aromatic heterocycles. The number of fused-ring (bicyclic) bond motifs is 16. The van der Waals surface area contributed by atoms with Gasteiger partial charge >= 0.3 is 5.66 Å². The zero-order chi connectivity index (χ0) is 34.6. The number of amidine groups is 1. The van der Waals surface area contributed by atoms with Crippen LogP contribution in [0.1, 0.15) is 132 Å². The van der Waals surface area contributed by atoms with Crippen molar-refractivity contribution in [1.29, 1.82) is 0 Å². The fourth-order valence-corrected chi connectivity index (χ4v) is 14.0. The summed E-state index contributed by atoms with van der Waals surface area (Å²) in [6, 6.07) is 26.0. The molecule has 51 heavy (non-hydrogen) atoms. The third kappa shape index (κ3) is 3.81. The molecule has 3 saturated carbocycles. The zero-order valence-corrected chi connectivity index (χ0v) is 32.3. The molecule has 4 heterocycles. The van der Waals surface area contributed by atoms with Gasteiger partial charge in [-0.05, 0) is 111 Å². The predicted octanol–water partition coefficient (Wildman–Crippen LogP) is 11.3. The molecular weight excluding hydrogens is 639 g/mol. The maximum Gasteiger partial charge on any atom is 0.321 e. The fraction of sp³-hybridized carbons (Fsp3) is 0.489. The third-order valence-corrected chi connectivity index (χ3v) is 15.6. The highest BCUT2D eigenvalue weighted by atomic mass is 32.1.